The van der Waals surface area contributed by atoms with Crippen LogP contribution in [-0.2, 0) is 10.8 Å². The van der Waals surface area contributed by atoms with Gasteiger partial charge in [-0.2, -0.15) is 0 Å². The second kappa shape index (κ2) is 12.0. The Hall–Kier alpha value is -7.48. The fourth-order valence-electron chi connectivity index (χ4n) is 11.4. The lowest BCUT2D eigenvalue weighted by atomic mass is 9.64. The van der Waals surface area contributed by atoms with Gasteiger partial charge in [0.2, 0.25) is 0 Å². The molecule has 0 radical (unpaired) electrons. The maximum atomic E-state index is 7.16. The predicted molar refractivity (Wildman–Crippen MR) is 242 cm³/mol. The van der Waals surface area contributed by atoms with Gasteiger partial charge < -0.3 is 4.74 Å². The Morgan fingerprint density at radius 3 is 1.51 bits per heavy atom. The lowest BCUT2D eigenvalue weighted by molar-refractivity contribution is 0.442. The number of rotatable bonds is 3. The number of ether oxygens (including phenoxy) is 1. The molecular formula is C58H36O. The van der Waals surface area contributed by atoms with Crippen molar-refractivity contribution in [1.29, 1.82) is 0 Å². The normalized spacial score (nSPS) is 16.1. The van der Waals surface area contributed by atoms with Crippen LogP contribution in [0.1, 0.15) is 44.5 Å². The lowest BCUT2D eigenvalue weighted by Gasteiger charge is -2.40. The van der Waals surface area contributed by atoms with Crippen LogP contribution in [0.15, 0.2) is 218 Å². The molecule has 274 valence electrons. The van der Waals surface area contributed by atoms with Gasteiger partial charge in [-0.25, -0.2) is 0 Å². The third-order valence-corrected chi connectivity index (χ3v) is 13.6. The maximum absolute atomic E-state index is 7.16. The smallest absolute Gasteiger partial charge is 0.140 e. The van der Waals surface area contributed by atoms with E-state index >= 15 is 0 Å². The molecule has 1 heterocycles. The van der Waals surface area contributed by atoms with E-state index in [1.54, 1.807) is 0 Å². The summed E-state index contributed by atoms with van der Waals surface area (Å²) >= 11 is 0. The first-order valence-corrected chi connectivity index (χ1v) is 20.6. The first kappa shape index (κ1) is 32.6. The topological polar surface area (TPSA) is 9.23 Å². The summed E-state index contributed by atoms with van der Waals surface area (Å²) in [5, 5.41) is 4.82. The van der Waals surface area contributed by atoms with Crippen molar-refractivity contribution in [2.45, 2.75) is 10.8 Å². The van der Waals surface area contributed by atoms with Crippen LogP contribution in [0.3, 0.4) is 0 Å². The molecule has 13 rings (SSSR count). The SMILES string of the molecule is c1ccc(C2(c3ccccc3-c3ccc4c(c3)C3(c5ccccc5-c5ccccc53)c3ccc5ccccc5c3O4)c3ccccc3-c3ccc4ccccc4c32)cc1. The van der Waals surface area contributed by atoms with Crippen molar-refractivity contribution in [2.75, 3.05) is 0 Å². The van der Waals surface area contributed by atoms with E-state index in [9.17, 15) is 0 Å². The molecule has 0 N–H and O–H groups in total. The van der Waals surface area contributed by atoms with Crippen LogP contribution in [0.5, 0.6) is 11.5 Å². The van der Waals surface area contributed by atoms with E-state index in [0.29, 0.717) is 0 Å². The van der Waals surface area contributed by atoms with Crippen molar-refractivity contribution in [1.82, 2.24) is 0 Å². The summed E-state index contributed by atoms with van der Waals surface area (Å²) in [5.74, 6) is 1.83. The first-order valence-electron chi connectivity index (χ1n) is 20.6. The van der Waals surface area contributed by atoms with E-state index in [2.05, 4.69) is 218 Å². The van der Waals surface area contributed by atoms with Gasteiger partial charge in [0.05, 0.1) is 10.8 Å². The predicted octanol–water partition coefficient (Wildman–Crippen LogP) is 14.5. The summed E-state index contributed by atoms with van der Waals surface area (Å²) in [4.78, 5) is 0. The number of benzene rings is 10. The molecular weight excluding hydrogens is 713 g/mol. The van der Waals surface area contributed by atoms with Crippen LogP contribution in [0, 0.1) is 0 Å². The molecule has 10 aromatic carbocycles. The highest BCUT2D eigenvalue weighted by atomic mass is 16.5. The van der Waals surface area contributed by atoms with Crippen molar-refractivity contribution in [3.05, 3.63) is 263 Å². The molecule has 0 saturated heterocycles. The fraction of sp³-hybridized carbons (Fsp3) is 0.0345. The van der Waals surface area contributed by atoms with Crippen LogP contribution < -0.4 is 4.74 Å². The molecule has 0 aromatic heterocycles. The Bertz CT molecular complexity index is 3330. The number of fused-ring (bicyclic) bond motifs is 16. The van der Waals surface area contributed by atoms with Crippen LogP contribution in [-0.4, -0.2) is 0 Å². The first-order chi connectivity index (χ1) is 29.3. The summed E-state index contributed by atoms with van der Waals surface area (Å²) in [6.45, 7) is 0. The molecule has 1 spiro atoms. The molecule has 1 aliphatic heterocycles. The summed E-state index contributed by atoms with van der Waals surface area (Å²) in [6, 6.07) is 81.1. The summed E-state index contributed by atoms with van der Waals surface area (Å²) in [5.41, 5.74) is 16.4. The minimum atomic E-state index is -0.592. The zero-order valence-corrected chi connectivity index (χ0v) is 32.2. The van der Waals surface area contributed by atoms with Gasteiger partial charge in [0, 0.05) is 16.5 Å². The lowest BCUT2D eigenvalue weighted by Crippen LogP contribution is -2.32. The molecule has 0 saturated carbocycles. The highest BCUT2D eigenvalue weighted by Gasteiger charge is 2.52. The average molecular weight is 749 g/mol. The largest absolute Gasteiger partial charge is 0.456 e. The van der Waals surface area contributed by atoms with Crippen LogP contribution >= 0.6 is 0 Å². The quantitative estimate of drug-likeness (QED) is 0.175. The fourth-order valence-corrected chi connectivity index (χ4v) is 11.4. The maximum Gasteiger partial charge on any atom is 0.140 e. The third-order valence-electron chi connectivity index (χ3n) is 13.6. The van der Waals surface area contributed by atoms with Gasteiger partial charge in [-0.05, 0) is 95.1 Å². The van der Waals surface area contributed by atoms with Crippen LogP contribution in [0.4, 0.5) is 0 Å². The monoisotopic (exact) mass is 748 g/mol. The average Bonchev–Trinajstić information content (AvgIpc) is 3.78. The molecule has 10 aromatic rings. The zero-order chi connectivity index (χ0) is 38.7. The van der Waals surface area contributed by atoms with Gasteiger partial charge in [0.25, 0.3) is 0 Å². The second-order valence-electron chi connectivity index (χ2n) is 16.2. The van der Waals surface area contributed by atoms with E-state index in [4.69, 9.17) is 4.74 Å². The number of hydrogen-bond acceptors (Lipinski definition) is 1. The summed E-state index contributed by atoms with van der Waals surface area (Å²) in [7, 11) is 0. The van der Waals surface area contributed by atoms with Gasteiger partial charge in [0.1, 0.15) is 11.5 Å². The Balaban J connectivity index is 1.14. The Labute approximate surface area is 343 Å². The zero-order valence-electron chi connectivity index (χ0n) is 32.2. The summed E-state index contributed by atoms with van der Waals surface area (Å²) < 4.78 is 7.16. The molecule has 1 nitrogen and oxygen atoms in total. The molecule has 2 aliphatic carbocycles. The molecule has 59 heavy (non-hydrogen) atoms. The molecule has 1 heteroatoms. The van der Waals surface area contributed by atoms with Crippen molar-refractivity contribution >= 4 is 21.5 Å². The molecule has 0 bridgehead atoms. The molecule has 1 unspecified atom stereocenters. The van der Waals surface area contributed by atoms with E-state index in [1.807, 2.05) is 0 Å². The standard InChI is InChI=1S/C58H36O/c1-2-18-40(19-3-1)57(49-27-13-11-25-46(49)47-33-30-37-16-4-6-21-42(37)55(47)57)48-26-12-8-20-41(48)39-32-35-54-53(36-39)58(52-34-31-38-17-5-7-22-43(38)56(52)59-54)50-28-14-9-23-44(50)45-24-10-15-29-51(45)58/h1-36H. The van der Waals surface area contributed by atoms with Gasteiger partial charge in [-0.1, -0.05) is 206 Å². The van der Waals surface area contributed by atoms with Crippen molar-refractivity contribution in [3.8, 4) is 44.9 Å². The highest BCUT2D eigenvalue weighted by Crippen LogP contribution is 2.64. The Kier molecular flexibility index (Phi) is 6.64. The van der Waals surface area contributed by atoms with Gasteiger partial charge in [-0.15, -0.1) is 0 Å². The van der Waals surface area contributed by atoms with Crippen molar-refractivity contribution in [3.63, 3.8) is 0 Å². The van der Waals surface area contributed by atoms with E-state index in [0.717, 1.165) is 28.0 Å². The second-order valence-corrected chi connectivity index (χ2v) is 16.2. The molecule has 0 amide bonds. The molecule has 3 aliphatic rings. The number of hydrogen-bond donors (Lipinski definition) is 0. The Morgan fingerprint density at radius 2 is 0.814 bits per heavy atom. The van der Waals surface area contributed by atoms with Crippen LogP contribution in [0.25, 0.3) is 54.9 Å². The van der Waals surface area contributed by atoms with Crippen molar-refractivity contribution in [2.24, 2.45) is 0 Å². The Morgan fingerprint density at radius 1 is 0.305 bits per heavy atom. The molecule has 1 atom stereocenters. The summed E-state index contributed by atoms with van der Waals surface area (Å²) in [6.07, 6.45) is 0. The van der Waals surface area contributed by atoms with Crippen molar-refractivity contribution < 1.29 is 4.74 Å². The molecule has 0 fully saturated rings. The minimum Gasteiger partial charge on any atom is -0.456 e. The van der Waals surface area contributed by atoms with E-state index in [1.165, 1.54) is 82.9 Å². The van der Waals surface area contributed by atoms with E-state index < -0.39 is 10.8 Å². The van der Waals surface area contributed by atoms with Crippen LogP contribution in [0.2, 0.25) is 0 Å². The van der Waals surface area contributed by atoms with Gasteiger partial charge >= 0.3 is 0 Å². The highest BCUT2D eigenvalue weighted by molar-refractivity contribution is 6.01. The third kappa shape index (κ3) is 4.14. The van der Waals surface area contributed by atoms with Gasteiger partial charge in [0.15, 0.2) is 0 Å². The minimum absolute atomic E-state index is 0.590. The van der Waals surface area contributed by atoms with E-state index in [-0.39, 0.29) is 0 Å². The van der Waals surface area contributed by atoms with Gasteiger partial charge in [-0.3, -0.25) is 0 Å².